The SMILES string of the molecule is Cc1ccc(S(=O)(=O)NCC(N)=O)cc1[N+](=O)[O-]. The van der Waals surface area contributed by atoms with Gasteiger partial charge in [0.15, 0.2) is 0 Å². The number of aryl methyl sites for hydroxylation is 1. The van der Waals surface area contributed by atoms with Crippen LogP contribution in [0.2, 0.25) is 0 Å². The third-order valence-electron chi connectivity index (χ3n) is 2.12. The van der Waals surface area contributed by atoms with Crippen LogP contribution in [0.25, 0.3) is 0 Å². The zero-order chi connectivity index (χ0) is 13.9. The van der Waals surface area contributed by atoms with E-state index in [4.69, 9.17) is 5.73 Å². The standard InChI is InChI=1S/C9H11N3O5S/c1-6-2-3-7(4-8(6)12(14)15)18(16,17)11-5-9(10)13/h2-4,11H,5H2,1H3,(H2,10,13). The van der Waals surface area contributed by atoms with Gasteiger partial charge in [0.05, 0.1) is 16.4 Å². The summed E-state index contributed by atoms with van der Waals surface area (Å²) in [5.74, 6) is -0.847. The molecular formula is C9H11N3O5S. The number of nitro benzene ring substituents is 1. The summed E-state index contributed by atoms with van der Waals surface area (Å²) in [5, 5.41) is 10.7. The van der Waals surface area contributed by atoms with Crippen LogP contribution in [-0.2, 0) is 14.8 Å². The second-order valence-electron chi connectivity index (χ2n) is 3.50. The van der Waals surface area contributed by atoms with Gasteiger partial charge in [-0.1, -0.05) is 6.07 Å². The number of primary amides is 1. The van der Waals surface area contributed by atoms with Crippen LogP contribution in [0.1, 0.15) is 5.56 Å². The molecule has 0 aliphatic rings. The van der Waals surface area contributed by atoms with Crippen molar-refractivity contribution in [2.24, 2.45) is 5.73 Å². The number of hydrogen-bond donors (Lipinski definition) is 2. The monoisotopic (exact) mass is 273 g/mol. The van der Waals surface area contributed by atoms with Gasteiger partial charge in [0.2, 0.25) is 15.9 Å². The minimum Gasteiger partial charge on any atom is -0.369 e. The van der Waals surface area contributed by atoms with Gasteiger partial charge in [-0.3, -0.25) is 14.9 Å². The molecule has 8 nitrogen and oxygen atoms in total. The number of sulfonamides is 1. The molecule has 1 aromatic rings. The Kier molecular flexibility index (Phi) is 3.99. The van der Waals surface area contributed by atoms with Gasteiger partial charge in [-0.05, 0) is 13.0 Å². The van der Waals surface area contributed by atoms with Gasteiger partial charge in [0.25, 0.3) is 5.69 Å². The zero-order valence-corrected chi connectivity index (χ0v) is 10.2. The molecule has 0 bridgehead atoms. The van der Waals surface area contributed by atoms with E-state index >= 15 is 0 Å². The second kappa shape index (κ2) is 5.10. The molecule has 3 N–H and O–H groups in total. The van der Waals surface area contributed by atoms with Gasteiger partial charge in [0, 0.05) is 11.6 Å². The fourth-order valence-electron chi connectivity index (χ4n) is 1.20. The molecule has 1 rings (SSSR count). The Morgan fingerprint density at radius 1 is 1.50 bits per heavy atom. The number of rotatable bonds is 5. The van der Waals surface area contributed by atoms with E-state index in [0.717, 1.165) is 6.07 Å². The highest BCUT2D eigenvalue weighted by Crippen LogP contribution is 2.21. The number of nitro groups is 1. The molecule has 0 radical (unpaired) electrons. The molecule has 0 spiro atoms. The Balaban J connectivity index is 3.14. The molecule has 1 amide bonds. The van der Waals surface area contributed by atoms with Crippen molar-refractivity contribution in [3.63, 3.8) is 0 Å². The molecular weight excluding hydrogens is 262 g/mol. The lowest BCUT2D eigenvalue weighted by Crippen LogP contribution is -2.33. The topological polar surface area (TPSA) is 132 Å². The first-order valence-corrected chi connectivity index (χ1v) is 6.25. The molecule has 0 aliphatic carbocycles. The largest absolute Gasteiger partial charge is 0.369 e. The number of nitrogens with two attached hydrogens (primary N) is 1. The summed E-state index contributed by atoms with van der Waals surface area (Å²) in [5.41, 5.74) is 4.84. The second-order valence-corrected chi connectivity index (χ2v) is 5.26. The number of nitrogens with one attached hydrogen (secondary N) is 1. The normalized spacial score (nSPS) is 11.2. The Labute approximate surface area is 103 Å². The fraction of sp³-hybridized carbons (Fsp3) is 0.222. The number of benzene rings is 1. The highest BCUT2D eigenvalue weighted by atomic mass is 32.2. The van der Waals surface area contributed by atoms with Crippen LogP contribution < -0.4 is 10.5 Å². The maximum absolute atomic E-state index is 11.7. The van der Waals surface area contributed by atoms with Crippen molar-refractivity contribution in [2.75, 3.05) is 6.54 Å². The molecule has 0 fully saturated rings. The lowest BCUT2D eigenvalue weighted by Gasteiger charge is -2.05. The van der Waals surface area contributed by atoms with E-state index in [1.54, 1.807) is 0 Å². The molecule has 1 aromatic carbocycles. The third kappa shape index (κ3) is 3.25. The smallest absolute Gasteiger partial charge is 0.273 e. The molecule has 0 aliphatic heterocycles. The van der Waals surface area contributed by atoms with Crippen LogP contribution in [0.4, 0.5) is 5.69 Å². The van der Waals surface area contributed by atoms with E-state index in [0.29, 0.717) is 5.56 Å². The minimum absolute atomic E-state index is 0.291. The first-order chi connectivity index (χ1) is 8.24. The Morgan fingerprint density at radius 2 is 2.11 bits per heavy atom. The third-order valence-corrected chi connectivity index (χ3v) is 3.52. The van der Waals surface area contributed by atoms with Crippen LogP contribution in [0, 0.1) is 17.0 Å². The average Bonchev–Trinajstić information content (AvgIpc) is 2.26. The highest BCUT2D eigenvalue weighted by molar-refractivity contribution is 7.89. The van der Waals surface area contributed by atoms with Crippen molar-refractivity contribution in [1.29, 1.82) is 0 Å². The summed E-state index contributed by atoms with van der Waals surface area (Å²) in [6, 6.07) is 3.46. The van der Waals surface area contributed by atoms with Gasteiger partial charge in [-0.15, -0.1) is 0 Å². The molecule has 98 valence electrons. The fourth-order valence-corrected chi connectivity index (χ4v) is 2.22. The predicted octanol–water partition coefficient (Wildman–Crippen LogP) is -0.333. The molecule has 0 atom stereocenters. The molecule has 0 saturated carbocycles. The van der Waals surface area contributed by atoms with Gasteiger partial charge < -0.3 is 5.73 Å². The summed E-state index contributed by atoms with van der Waals surface area (Å²) in [6.45, 7) is 0.926. The van der Waals surface area contributed by atoms with Crippen molar-refractivity contribution in [3.05, 3.63) is 33.9 Å². The number of amides is 1. The summed E-state index contributed by atoms with van der Waals surface area (Å²) in [6.07, 6.45) is 0. The van der Waals surface area contributed by atoms with Gasteiger partial charge in [-0.25, -0.2) is 13.1 Å². The van der Waals surface area contributed by atoms with E-state index in [1.807, 2.05) is 4.72 Å². The van der Waals surface area contributed by atoms with Crippen LogP contribution in [-0.4, -0.2) is 25.8 Å². The van der Waals surface area contributed by atoms with E-state index in [1.165, 1.54) is 19.1 Å². The molecule has 0 heterocycles. The van der Waals surface area contributed by atoms with Crippen molar-refractivity contribution in [1.82, 2.24) is 4.72 Å². The summed E-state index contributed by atoms with van der Waals surface area (Å²) in [4.78, 5) is 20.2. The van der Waals surface area contributed by atoms with Gasteiger partial charge >= 0.3 is 0 Å². The van der Waals surface area contributed by atoms with Crippen molar-refractivity contribution >= 4 is 21.6 Å². The van der Waals surface area contributed by atoms with E-state index < -0.39 is 27.4 Å². The summed E-state index contributed by atoms with van der Waals surface area (Å²) in [7, 11) is -3.98. The zero-order valence-electron chi connectivity index (χ0n) is 9.41. The van der Waals surface area contributed by atoms with Crippen molar-refractivity contribution in [2.45, 2.75) is 11.8 Å². The maximum Gasteiger partial charge on any atom is 0.273 e. The molecule has 18 heavy (non-hydrogen) atoms. The number of carbonyl (C=O) groups is 1. The summed E-state index contributed by atoms with van der Waals surface area (Å²) >= 11 is 0. The Bertz CT molecular complexity index is 596. The van der Waals surface area contributed by atoms with E-state index in [2.05, 4.69) is 0 Å². The molecule has 0 aromatic heterocycles. The van der Waals surface area contributed by atoms with Crippen LogP contribution in [0.15, 0.2) is 23.1 Å². The first kappa shape index (κ1) is 14.1. The molecule has 9 heteroatoms. The van der Waals surface area contributed by atoms with Crippen molar-refractivity contribution in [3.8, 4) is 0 Å². The first-order valence-electron chi connectivity index (χ1n) is 4.77. The lowest BCUT2D eigenvalue weighted by atomic mass is 10.2. The molecule has 0 saturated heterocycles. The van der Waals surface area contributed by atoms with E-state index in [-0.39, 0.29) is 10.6 Å². The number of hydrogen-bond acceptors (Lipinski definition) is 5. The maximum atomic E-state index is 11.7. The van der Waals surface area contributed by atoms with Crippen LogP contribution >= 0.6 is 0 Å². The van der Waals surface area contributed by atoms with Crippen LogP contribution in [0.5, 0.6) is 0 Å². The lowest BCUT2D eigenvalue weighted by molar-refractivity contribution is -0.385. The van der Waals surface area contributed by atoms with E-state index in [9.17, 15) is 23.3 Å². The predicted molar refractivity (Wildman–Crippen MR) is 62.2 cm³/mol. The number of nitrogens with zero attached hydrogens (tertiary/aromatic N) is 1. The van der Waals surface area contributed by atoms with Crippen LogP contribution in [0.3, 0.4) is 0 Å². The highest BCUT2D eigenvalue weighted by Gasteiger charge is 2.19. The Morgan fingerprint density at radius 3 is 2.61 bits per heavy atom. The Hall–Kier alpha value is -2.00. The van der Waals surface area contributed by atoms with Gasteiger partial charge in [-0.2, -0.15) is 0 Å². The number of carbonyl (C=O) groups excluding carboxylic acids is 1. The summed E-state index contributed by atoms with van der Waals surface area (Å²) < 4.78 is 25.3. The molecule has 0 unspecified atom stereocenters. The van der Waals surface area contributed by atoms with Gasteiger partial charge in [0.1, 0.15) is 0 Å². The van der Waals surface area contributed by atoms with Crippen molar-refractivity contribution < 1.29 is 18.1 Å². The average molecular weight is 273 g/mol. The quantitative estimate of drug-likeness (QED) is 0.559. The minimum atomic E-state index is -3.98.